The van der Waals surface area contributed by atoms with E-state index in [1.807, 2.05) is 11.4 Å². The zero-order valence-corrected chi connectivity index (χ0v) is 10.1. The average Bonchev–Trinajstić information content (AvgIpc) is 2.89. The number of aliphatic hydroxyl groups is 1. The summed E-state index contributed by atoms with van der Waals surface area (Å²) in [5, 5.41) is 23.0. The molecule has 2 aromatic rings. The lowest BCUT2D eigenvalue weighted by Crippen LogP contribution is -2.22. The molecule has 0 amide bonds. The fourth-order valence-electron chi connectivity index (χ4n) is 1.52. The molecule has 5 heteroatoms. The van der Waals surface area contributed by atoms with Crippen LogP contribution in [0.4, 0.5) is 0 Å². The van der Waals surface area contributed by atoms with Gasteiger partial charge in [0.2, 0.25) is 0 Å². The van der Waals surface area contributed by atoms with E-state index in [9.17, 15) is 9.90 Å². The van der Waals surface area contributed by atoms with Crippen molar-refractivity contribution in [2.24, 2.45) is 0 Å². The highest BCUT2D eigenvalue weighted by Crippen LogP contribution is 2.37. The minimum Gasteiger partial charge on any atom is -0.478 e. The molecule has 0 aliphatic rings. The summed E-state index contributed by atoms with van der Waals surface area (Å²) < 4.78 is 0. The van der Waals surface area contributed by atoms with Crippen molar-refractivity contribution < 1.29 is 15.0 Å². The molecule has 0 fully saturated rings. The van der Waals surface area contributed by atoms with Gasteiger partial charge in [-0.2, -0.15) is 0 Å². The van der Waals surface area contributed by atoms with Gasteiger partial charge in [-0.3, -0.25) is 0 Å². The molecule has 1 atom stereocenters. The standard InChI is InChI=1S/C11H10O3S2/c1-11(14,8-3-2-5-15-8)9-7(10(12)13)4-6-16-9/h2-6,14H,1H3,(H,12,13). The van der Waals surface area contributed by atoms with Crippen molar-refractivity contribution in [3.8, 4) is 0 Å². The molecule has 3 nitrogen and oxygen atoms in total. The lowest BCUT2D eigenvalue weighted by Gasteiger charge is -2.21. The predicted molar refractivity (Wildman–Crippen MR) is 64.3 cm³/mol. The lowest BCUT2D eigenvalue weighted by atomic mass is 9.99. The third-order valence-electron chi connectivity index (χ3n) is 2.34. The van der Waals surface area contributed by atoms with Gasteiger partial charge < -0.3 is 10.2 Å². The Morgan fingerprint density at radius 2 is 2.06 bits per heavy atom. The van der Waals surface area contributed by atoms with Crippen LogP contribution in [0.2, 0.25) is 0 Å². The van der Waals surface area contributed by atoms with E-state index < -0.39 is 11.6 Å². The zero-order valence-electron chi connectivity index (χ0n) is 8.51. The van der Waals surface area contributed by atoms with Gasteiger partial charge in [0, 0.05) is 4.88 Å². The quantitative estimate of drug-likeness (QED) is 0.885. The fraction of sp³-hybridized carbons (Fsp3) is 0.182. The van der Waals surface area contributed by atoms with Crippen molar-refractivity contribution in [2.45, 2.75) is 12.5 Å². The monoisotopic (exact) mass is 254 g/mol. The highest BCUT2D eigenvalue weighted by Gasteiger charge is 2.32. The van der Waals surface area contributed by atoms with Crippen LogP contribution in [0.1, 0.15) is 27.0 Å². The van der Waals surface area contributed by atoms with Gasteiger partial charge in [-0.05, 0) is 29.8 Å². The Balaban J connectivity index is 2.51. The summed E-state index contributed by atoms with van der Waals surface area (Å²) in [6.45, 7) is 1.62. The molecule has 84 valence electrons. The first kappa shape index (κ1) is 11.3. The number of carboxylic acids is 1. The number of hydrogen-bond donors (Lipinski definition) is 2. The van der Waals surface area contributed by atoms with Crippen molar-refractivity contribution in [3.63, 3.8) is 0 Å². The van der Waals surface area contributed by atoms with E-state index in [0.717, 1.165) is 4.88 Å². The maximum atomic E-state index is 11.0. The fourth-order valence-corrected chi connectivity index (χ4v) is 3.34. The van der Waals surface area contributed by atoms with Crippen LogP contribution in [0.25, 0.3) is 0 Å². The van der Waals surface area contributed by atoms with Gasteiger partial charge in [0.15, 0.2) is 0 Å². The molecule has 0 spiro atoms. The van der Waals surface area contributed by atoms with Gasteiger partial charge in [-0.1, -0.05) is 6.07 Å². The van der Waals surface area contributed by atoms with E-state index in [2.05, 4.69) is 0 Å². The van der Waals surface area contributed by atoms with Crippen LogP contribution < -0.4 is 0 Å². The summed E-state index contributed by atoms with van der Waals surface area (Å²) in [6, 6.07) is 5.16. The van der Waals surface area contributed by atoms with Gasteiger partial charge in [-0.25, -0.2) is 4.79 Å². The van der Waals surface area contributed by atoms with Crippen LogP contribution in [-0.4, -0.2) is 16.2 Å². The molecule has 0 saturated carbocycles. The SMILES string of the molecule is CC(O)(c1cccs1)c1sccc1C(=O)O. The largest absolute Gasteiger partial charge is 0.478 e. The number of carbonyl (C=O) groups is 1. The molecule has 0 radical (unpaired) electrons. The Labute approximate surface area is 101 Å². The Morgan fingerprint density at radius 1 is 1.31 bits per heavy atom. The Hall–Kier alpha value is -1.17. The predicted octanol–water partition coefficient (Wildman–Crippen LogP) is 2.76. The third-order valence-corrected chi connectivity index (χ3v) is 4.54. The second-order valence-corrected chi connectivity index (χ2v) is 5.38. The smallest absolute Gasteiger partial charge is 0.336 e. The van der Waals surface area contributed by atoms with Crippen molar-refractivity contribution in [1.82, 2.24) is 0 Å². The van der Waals surface area contributed by atoms with Gasteiger partial charge in [0.1, 0.15) is 5.60 Å². The third kappa shape index (κ3) is 1.77. The molecule has 0 bridgehead atoms. The van der Waals surface area contributed by atoms with E-state index in [1.54, 1.807) is 18.4 Å². The van der Waals surface area contributed by atoms with E-state index in [4.69, 9.17) is 5.11 Å². The van der Waals surface area contributed by atoms with Gasteiger partial charge in [0.25, 0.3) is 0 Å². The maximum absolute atomic E-state index is 11.0. The molecule has 2 N–H and O–H groups in total. The minimum absolute atomic E-state index is 0.170. The number of carboxylic acid groups (broad SMARTS) is 1. The van der Waals surface area contributed by atoms with Crippen LogP contribution in [0, 0.1) is 0 Å². The number of aromatic carboxylic acids is 1. The van der Waals surface area contributed by atoms with Crippen molar-refractivity contribution >= 4 is 28.6 Å². The zero-order chi connectivity index (χ0) is 11.8. The van der Waals surface area contributed by atoms with E-state index in [-0.39, 0.29) is 5.56 Å². The van der Waals surface area contributed by atoms with E-state index in [0.29, 0.717) is 4.88 Å². The van der Waals surface area contributed by atoms with Crippen LogP contribution >= 0.6 is 22.7 Å². The molecular weight excluding hydrogens is 244 g/mol. The van der Waals surface area contributed by atoms with E-state index >= 15 is 0 Å². The molecule has 2 heterocycles. The van der Waals surface area contributed by atoms with Crippen molar-refractivity contribution in [3.05, 3.63) is 44.3 Å². The van der Waals surface area contributed by atoms with Crippen LogP contribution in [0.15, 0.2) is 29.0 Å². The molecule has 2 aromatic heterocycles. The average molecular weight is 254 g/mol. The molecule has 0 aliphatic carbocycles. The number of thiophene rings is 2. The van der Waals surface area contributed by atoms with Crippen molar-refractivity contribution in [2.75, 3.05) is 0 Å². The summed E-state index contributed by atoms with van der Waals surface area (Å²) in [5.41, 5.74) is -1.06. The molecule has 0 aromatic carbocycles. The first-order valence-corrected chi connectivity index (χ1v) is 6.37. The Morgan fingerprint density at radius 3 is 2.62 bits per heavy atom. The Kier molecular flexibility index (Phi) is 2.84. The number of rotatable bonds is 3. The van der Waals surface area contributed by atoms with E-state index in [1.165, 1.54) is 28.7 Å². The van der Waals surface area contributed by atoms with Gasteiger partial charge >= 0.3 is 5.97 Å². The van der Waals surface area contributed by atoms with Crippen LogP contribution in [-0.2, 0) is 5.60 Å². The minimum atomic E-state index is -1.23. The summed E-state index contributed by atoms with van der Waals surface area (Å²) in [5.74, 6) is -1.01. The molecule has 2 rings (SSSR count). The van der Waals surface area contributed by atoms with Crippen LogP contribution in [0.5, 0.6) is 0 Å². The molecule has 16 heavy (non-hydrogen) atoms. The summed E-state index contributed by atoms with van der Waals surface area (Å²) in [6.07, 6.45) is 0. The number of hydrogen-bond acceptors (Lipinski definition) is 4. The highest BCUT2D eigenvalue weighted by molar-refractivity contribution is 7.12. The topological polar surface area (TPSA) is 57.5 Å². The Bertz CT molecular complexity index is 497. The van der Waals surface area contributed by atoms with Crippen LogP contribution in [0.3, 0.4) is 0 Å². The summed E-state index contributed by atoms with van der Waals surface area (Å²) >= 11 is 2.67. The molecule has 0 aliphatic heterocycles. The van der Waals surface area contributed by atoms with Crippen molar-refractivity contribution in [1.29, 1.82) is 0 Å². The molecule has 0 saturated heterocycles. The lowest BCUT2D eigenvalue weighted by molar-refractivity contribution is 0.0676. The molecule has 1 unspecified atom stereocenters. The highest BCUT2D eigenvalue weighted by atomic mass is 32.1. The second-order valence-electron chi connectivity index (χ2n) is 3.52. The maximum Gasteiger partial charge on any atom is 0.336 e. The summed E-state index contributed by atoms with van der Waals surface area (Å²) in [4.78, 5) is 12.2. The first-order valence-electron chi connectivity index (χ1n) is 4.61. The van der Waals surface area contributed by atoms with Gasteiger partial charge in [-0.15, -0.1) is 22.7 Å². The first-order chi connectivity index (χ1) is 7.53. The summed E-state index contributed by atoms with van der Waals surface area (Å²) in [7, 11) is 0. The molecular formula is C11H10O3S2. The second kappa shape index (κ2) is 4.01. The van der Waals surface area contributed by atoms with Gasteiger partial charge in [0.05, 0.1) is 10.4 Å². The normalized spacial score (nSPS) is 14.6.